The Morgan fingerprint density at radius 3 is 2.24 bits per heavy atom. The molecule has 6 rings (SSSR count). The van der Waals surface area contributed by atoms with Gasteiger partial charge in [0.05, 0.1) is 24.5 Å². The molecule has 1 N–H and O–H groups in total. The summed E-state index contributed by atoms with van der Waals surface area (Å²) in [6.45, 7) is 4.93. The Labute approximate surface area is 248 Å². The third kappa shape index (κ3) is 5.77. The number of morpholine rings is 1. The molecule has 6 heteroatoms. The standard InChI is InChI=1S/C36H39N3O3/c1-26(25-32(27-13-5-2-6-14-27)38-21-23-42-24-22-38)33-30-19-11-12-20-31(30)39(36(33)41)34(28-15-7-3-8-16-28)35(40)37-29-17-9-4-10-18-29/h2-3,5-8,11-16,19-20,25,29,34H,4,9-10,17-18,21-24H2,1H3,(H,37,40)/b32-25+,33-26+. The summed E-state index contributed by atoms with van der Waals surface area (Å²) in [6, 6.07) is 27.3. The molecule has 1 saturated heterocycles. The summed E-state index contributed by atoms with van der Waals surface area (Å²) in [6.07, 6.45) is 7.55. The van der Waals surface area contributed by atoms with Crippen LogP contribution in [0, 0.1) is 0 Å². The molecule has 3 aromatic carbocycles. The lowest BCUT2D eigenvalue weighted by atomic mass is 9.94. The molecular weight excluding hydrogens is 522 g/mol. The molecule has 2 fully saturated rings. The molecule has 0 spiro atoms. The first-order valence-electron chi connectivity index (χ1n) is 15.2. The highest BCUT2D eigenvalue weighted by Gasteiger charge is 2.42. The molecule has 0 aromatic heterocycles. The van der Waals surface area contributed by atoms with Gasteiger partial charge in [-0.15, -0.1) is 0 Å². The average Bonchev–Trinajstić information content (AvgIpc) is 3.33. The van der Waals surface area contributed by atoms with Crippen LogP contribution in [0.5, 0.6) is 0 Å². The first-order chi connectivity index (χ1) is 20.6. The number of ether oxygens (including phenoxy) is 1. The van der Waals surface area contributed by atoms with Gasteiger partial charge in [0.25, 0.3) is 5.91 Å². The lowest BCUT2D eigenvalue weighted by Crippen LogP contribution is -2.46. The zero-order valence-corrected chi connectivity index (χ0v) is 24.3. The fraction of sp³-hybridized carbons (Fsp3) is 0.333. The number of rotatable bonds is 7. The highest BCUT2D eigenvalue weighted by atomic mass is 16.5. The monoisotopic (exact) mass is 561 g/mol. The van der Waals surface area contributed by atoms with Crippen molar-refractivity contribution in [2.24, 2.45) is 0 Å². The van der Waals surface area contributed by atoms with Gasteiger partial charge in [0.2, 0.25) is 5.91 Å². The van der Waals surface area contributed by atoms with Crippen LogP contribution in [-0.4, -0.2) is 49.1 Å². The fourth-order valence-electron chi connectivity index (χ4n) is 6.51. The Hall–Kier alpha value is -4.16. The maximum absolute atomic E-state index is 14.5. The minimum absolute atomic E-state index is 0.121. The van der Waals surface area contributed by atoms with Gasteiger partial charge in [-0.25, -0.2) is 0 Å². The maximum atomic E-state index is 14.5. The Morgan fingerprint density at radius 1 is 0.881 bits per heavy atom. The van der Waals surface area contributed by atoms with Gasteiger partial charge in [0.15, 0.2) is 0 Å². The Bertz CT molecular complexity index is 1470. The summed E-state index contributed by atoms with van der Waals surface area (Å²) >= 11 is 0. The average molecular weight is 562 g/mol. The number of nitrogens with zero attached hydrogens (tertiary/aromatic N) is 2. The molecule has 1 atom stereocenters. The lowest BCUT2D eigenvalue weighted by molar-refractivity contribution is -0.125. The van der Waals surface area contributed by atoms with Crippen LogP contribution in [-0.2, 0) is 14.3 Å². The van der Waals surface area contributed by atoms with E-state index >= 15 is 0 Å². The van der Waals surface area contributed by atoms with Gasteiger partial charge in [-0.2, -0.15) is 0 Å². The zero-order chi connectivity index (χ0) is 28.9. The van der Waals surface area contributed by atoms with E-state index in [1.807, 2.05) is 79.7 Å². The summed E-state index contributed by atoms with van der Waals surface area (Å²) in [5.41, 5.74) is 6.12. The number of anilines is 1. The van der Waals surface area contributed by atoms with Crippen LogP contribution in [0.4, 0.5) is 5.69 Å². The number of para-hydroxylation sites is 1. The molecule has 3 aromatic rings. The largest absolute Gasteiger partial charge is 0.378 e. The minimum Gasteiger partial charge on any atom is -0.378 e. The molecule has 42 heavy (non-hydrogen) atoms. The van der Waals surface area contributed by atoms with E-state index in [1.165, 1.54) is 6.42 Å². The molecule has 2 heterocycles. The van der Waals surface area contributed by atoms with Crippen LogP contribution < -0.4 is 10.2 Å². The maximum Gasteiger partial charge on any atom is 0.260 e. The topological polar surface area (TPSA) is 61.9 Å². The van der Waals surface area contributed by atoms with Crippen molar-refractivity contribution < 1.29 is 14.3 Å². The van der Waals surface area contributed by atoms with E-state index in [-0.39, 0.29) is 17.9 Å². The second-order valence-corrected chi connectivity index (χ2v) is 11.4. The van der Waals surface area contributed by atoms with Gasteiger partial charge in [-0.05, 0) is 48.6 Å². The van der Waals surface area contributed by atoms with Crippen molar-refractivity contribution in [1.82, 2.24) is 10.2 Å². The Kier molecular flexibility index (Phi) is 8.52. The molecule has 0 bridgehead atoms. The summed E-state index contributed by atoms with van der Waals surface area (Å²) in [5.74, 6) is -0.268. The van der Waals surface area contributed by atoms with Crippen molar-refractivity contribution in [3.63, 3.8) is 0 Å². The Balaban J connectivity index is 1.43. The lowest BCUT2D eigenvalue weighted by Gasteiger charge is -2.32. The highest BCUT2D eigenvalue weighted by molar-refractivity contribution is 6.34. The van der Waals surface area contributed by atoms with Crippen LogP contribution in [0.25, 0.3) is 11.3 Å². The van der Waals surface area contributed by atoms with Crippen LogP contribution in [0.3, 0.4) is 0 Å². The Morgan fingerprint density at radius 2 is 1.52 bits per heavy atom. The van der Waals surface area contributed by atoms with Crippen molar-refractivity contribution in [3.8, 4) is 0 Å². The number of carbonyl (C=O) groups excluding carboxylic acids is 2. The molecule has 0 radical (unpaired) electrons. The predicted octanol–water partition coefficient (Wildman–Crippen LogP) is 6.37. The number of fused-ring (bicyclic) bond motifs is 1. The van der Waals surface area contributed by atoms with E-state index in [4.69, 9.17) is 4.74 Å². The number of hydrogen-bond acceptors (Lipinski definition) is 4. The third-order valence-electron chi connectivity index (χ3n) is 8.61. The van der Waals surface area contributed by atoms with E-state index in [1.54, 1.807) is 4.90 Å². The normalized spacial score (nSPS) is 19.8. The molecule has 1 saturated carbocycles. The van der Waals surface area contributed by atoms with Gasteiger partial charge < -0.3 is 15.0 Å². The van der Waals surface area contributed by atoms with E-state index < -0.39 is 6.04 Å². The smallest absolute Gasteiger partial charge is 0.260 e. The molecule has 1 unspecified atom stereocenters. The second-order valence-electron chi connectivity index (χ2n) is 11.4. The van der Waals surface area contributed by atoms with Gasteiger partial charge in [0.1, 0.15) is 6.04 Å². The molecule has 2 aliphatic heterocycles. The molecule has 6 nitrogen and oxygen atoms in total. The third-order valence-corrected chi connectivity index (χ3v) is 8.61. The number of allylic oxidation sites excluding steroid dienone is 2. The first kappa shape index (κ1) is 28.0. The van der Waals surface area contributed by atoms with Gasteiger partial charge in [-0.3, -0.25) is 14.5 Å². The van der Waals surface area contributed by atoms with E-state index in [2.05, 4.69) is 28.4 Å². The van der Waals surface area contributed by atoms with Gasteiger partial charge >= 0.3 is 0 Å². The first-order valence-corrected chi connectivity index (χ1v) is 15.2. The number of benzene rings is 3. The highest BCUT2D eigenvalue weighted by Crippen LogP contribution is 2.44. The second kappa shape index (κ2) is 12.8. The van der Waals surface area contributed by atoms with Crippen molar-refractivity contribution in [2.45, 2.75) is 51.1 Å². The van der Waals surface area contributed by atoms with E-state index in [0.717, 1.165) is 72.4 Å². The van der Waals surface area contributed by atoms with Crippen molar-refractivity contribution in [2.75, 3.05) is 31.2 Å². The molecular formula is C36H39N3O3. The van der Waals surface area contributed by atoms with Crippen LogP contribution in [0.1, 0.15) is 61.8 Å². The molecule has 3 aliphatic rings. The number of amides is 2. The fourth-order valence-corrected chi connectivity index (χ4v) is 6.51. The molecule has 216 valence electrons. The SMILES string of the molecule is CC(/C=C(\c1ccccc1)N1CCOCC1)=C1\C(=O)N(C(C(=O)NC2CCCCC2)c2ccccc2)c2ccccc21. The van der Waals surface area contributed by atoms with Crippen LogP contribution in [0.2, 0.25) is 0 Å². The summed E-state index contributed by atoms with van der Waals surface area (Å²) < 4.78 is 5.63. The number of hydrogen-bond donors (Lipinski definition) is 1. The molecule has 1 aliphatic carbocycles. The zero-order valence-electron chi connectivity index (χ0n) is 24.3. The van der Waals surface area contributed by atoms with E-state index in [0.29, 0.717) is 18.8 Å². The summed E-state index contributed by atoms with van der Waals surface area (Å²) in [4.78, 5) is 32.6. The summed E-state index contributed by atoms with van der Waals surface area (Å²) in [5, 5.41) is 3.31. The van der Waals surface area contributed by atoms with Crippen LogP contribution in [0.15, 0.2) is 96.6 Å². The number of nitrogens with one attached hydrogen (secondary N) is 1. The number of carbonyl (C=O) groups is 2. The quantitative estimate of drug-likeness (QED) is 0.341. The summed E-state index contributed by atoms with van der Waals surface area (Å²) in [7, 11) is 0. The minimum atomic E-state index is -0.760. The van der Waals surface area contributed by atoms with Crippen molar-refractivity contribution in [3.05, 3.63) is 113 Å². The van der Waals surface area contributed by atoms with E-state index in [9.17, 15) is 9.59 Å². The van der Waals surface area contributed by atoms with Crippen molar-refractivity contribution >= 4 is 28.8 Å². The van der Waals surface area contributed by atoms with Gasteiger partial charge in [-0.1, -0.05) is 98.1 Å². The predicted molar refractivity (Wildman–Crippen MR) is 168 cm³/mol. The van der Waals surface area contributed by atoms with Crippen LogP contribution >= 0.6 is 0 Å². The van der Waals surface area contributed by atoms with Gasteiger partial charge in [0, 0.05) is 30.4 Å². The van der Waals surface area contributed by atoms with Crippen molar-refractivity contribution in [1.29, 1.82) is 0 Å². The molecule has 2 amide bonds.